The van der Waals surface area contributed by atoms with E-state index in [-0.39, 0.29) is 23.3 Å². The van der Waals surface area contributed by atoms with Crippen molar-refractivity contribution in [2.75, 3.05) is 11.9 Å². The average Bonchev–Trinajstić information content (AvgIpc) is 3.38. The van der Waals surface area contributed by atoms with Gasteiger partial charge in [-0.2, -0.15) is 0 Å². The van der Waals surface area contributed by atoms with E-state index < -0.39 is 0 Å². The Balaban J connectivity index is 1.89. The second-order valence-corrected chi connectivity index (χ2v) is 6.09. The highest BCUT2D eigenvalue weighted by atomic mass is 16.2. The van der Waals surface area contributed by atoms with Crippen molar-refractivity contribution in [3.05, 3.63) is 29.8 Å². The van der Waals surface area contributed by atoms with Gasteiger partial charge in [0.05, 0.1) is 0 Å². The first-order valence-electron chi connectivity index (χ1n) is 7.95. The molecule has 1 aliphatic rings. The minimum absolute atomic E-state index is 0.0657. The standard InChI is InChI=1S/C17H25N3O2/c1-3-17(18,4-2)11-19-15(21)12-7-9-14(10-8-12)20-16(22)13-5-6-13/h7-10,13H,3-6,11,18H2,1-2H3,(H,19,21)(H,20,22). The van der Waals surface area contributed by atoms with E-state index in [9.17, 15) is 9.59 Å². The van der Waals surface area contributed by atoms with Crippen molar-refractivity contribution < 1.29 is 9.59 Å². The van der Waals surface area contributed by atoms with E-state index in [1.54, 1.807) is 24.3 Å². The van der Waals surface area contributed by atoms with E-state index in [0.717, 1.165) is 31.4 Å². The highest BCUT2D eigenvalue weighted by Crippen LogP contribution is 2.30. The van der Waals surface area contributed by atoms with Crippen LogP contribution in [0.5, 0.6) is 0 Å². The van der Waals surface area contributed by atoms with Gasteiger partial charge in [-0.1, -0.05) is 13.8 Å². The lowest BCUT2D eigenvalue weighted by atomic mass is 9.94. The van der Waals surface area contributed by atoms with Crippen LogP contribution in [0.1, 0.15) is 49.9 Å². The van der Waals surface area contributed by atoms with Crippen LogP contribution in [0.15, 0.2) is 24.3 Å². The maximum Gasteiger partial charge on any atom is 0.251 e. The average molecular weight is 303 g/mol. The number of nitrogens with two attached hydrogens (primary N) is 1. The number of benzene rings is 1. The molecule has 0 unspecified atom stereocenters. The van der Waals surface area contributed by atoms with Gasteiger partial charge in [0.25, 0.3) is 5.91 Å². The Morgan fingerprint density at radius 3 is 2.27 bits per heavy atom. The largest absolute Gasteiger partial charge is 0.350 e. The Kier molecular flexibility index (Phi) is 5.19. The molecular weight excluding hydrogens is 278 g/mol. The fraction of sp³-hybridized carbons (Fsp3) is 0.529. The monoisotopic (exact) mass is 303 g/mol. The molecule has 2 rings (SSSR count). The summed E-state index contributed by atoms with van der Waals surface area (Å²) in [5.41, 5.74) is 7.11. The van der Waals surface area contributed by atoms with Crippen molar-refractivity contribution in [3.8, 4) is 0 Å². The minimum atomic E-state index is -0.353. The summed E-state index contributed by atoms with van der Waals surface area (Å²) in [6, 6.07) is 6.94. The molecule has 1 aromatic carbocycles. The molecule has 1 fully saturated rings. The third-order valence-electron chi connectivity index (χ3n) is 4.37. The zero-order chi connectivity index (χ0) is 16.2. The minimum Gasteiger partial charge on any atom is -0.350 e. The van der Waals surface area contributed by atoms with Crippen LogP contribution >= 0.6 is 0 Å². The van der Waals surface area contributed by atoms with Crippen LogP contribution in [0.3, 0.4) is 0 Å². The highest BCUT2D eigenvalue weighted by Gasteiger charge is 2.29. The van der Waals surface area contributed by atoms with Gasteiger partial charge in [0, 0.05) is 29.3 Å². The third-order valence-corrected chi connectivity index (χ3v) is 4.37. The van der Waals surface area contributed by atoms with E-state index in [1.165, 1.54) is 0 Å². The van der Waals surface area contributed by atoms with Crippen molar-refractivity contribution in [2.45, 2.75) is 45.1 Å². The van der Waals surface area contributed by atoms with Gasteiger partial charge in [0.15, 0.2) is 0 Å². The molecule has 0 aliphatic heterocycles. The Morgan fingerprint density at radius 2 is 1.77 bits per heavy atom. The molecule has 5 nitrogen and oxygen atoms in total. The number of hydrogen-bond donors (Lipinski definition) is 3. The van der Waals surface area contributed by atoms with E-state index in [0.29, 0.717) is 12.1 Å². The molecule has 1 saturated carbocycles. The van der Waals surface area contributed by atoms with Gasteiger partial charge in [-0.25, -0.2) is 0 Å². The van der Waals surface area contributed by atoms with Crippen molar-refractivity contribution in [2.24, 2.45) is 11.7 Å². The summed E-state index contributed by atoms with van der Waals surface area (Å²) in [6.45, 7) is 4.50. The maximum absolute atomic E-state index is 12.1. The topological polar surface area (TPSA) is 84.2 Å². The summed E-state index contributed by atoms with van der Waals surface area (Å²) in [6.07, 6.45) is 3.58. The van der Waals surface area contributed by atoms with Crippen LogP contribution < -0.4 is 16.4 Å². The molecular formula is C17H25N3O2. The van der Waals surface area contributed by atoms with Crippen LogP contribution in [0.2, 0.25) is 0 Å². The van der Waals surface area contributed by atoms with Gasteiger partial charge < -0.3 is 16.4 Å². The molecule has 0 spiro atoms. The van der Waals surface area contributed by atoms with Gasteiger partial charge in [0.1, 0.15) is 0 Å². The lowest BCUT2D eigenvalue weighted by molar-refractivity contribution is -0.117. The predicted molar refractivity (Wildman–Crippen MR) is 87.6 cm³/mol. The number of hydrogen-bond acceptors (Lipinski definition) is 3. The van der Waals surface area contributed by atoms with Gasteiger partial charge >= 0.3 is 0 Å². The number of carbonyl (C=O) groups is 2. The summed E-state index contributed by atoms with van der Waals surface area (Å²) >= 11 is 0. The summed E-state index contributed by atoms with van der Waals surface area (Å²) < 4.78 is 0. The van der Waals surface area contributed by atoms with Gasteiger partial charge in [-0.3, -0.25) is 9.59 Å². The van der Waals surface area contributed by atoms with Crippen LogP contribution in [0.25, 0.3) is 0 Å². The first kappa shape index (κ1) is 16.5. The van der Waals surface area contributed by atoms with E-state index in [2.05, 4.69) is 10.6 Å². The van der Waals surface area contributed by atoms with Crippen molar-refractivity contribution in [3.63, 3.8) is 0 Å². The van der Waals surface area contributed by atoms with E-state index >= 15 is 0 Å². The fourth-order valence-corrected chi connectivity index (χ4v) is 2.15. The predicted octanol–water partition coefficient (Wildman–Crippen LogP) is 2.28. The normalized spacial score (nSPS) is 14.5. The molecule has 1 aromatic rings. The van der Waals surface area contributed by atoms with Crippen LogP contribution in [-0.4, -0.2) is 23.9 Å². The Hall–Kier alpha value is -1.88. The third kappa shape index (κ3) is 4.31. The molecule has 2 amide bonds. The zero-order valence-corrected chi connectivity index (χ0v) is 13.3. The van der Waals surface area contributed by atoms with E-state index in [4.69, 9.17) is 5.73 Å². The van der Waals surface area contributed by atoms with Crippen molar-refractivity contribution in [1.82, 2.24) is 5.32 Å². The van der Waals surface area contributed by atoms with Gasteiger partial charge in [-0.05, 0) is 49.9 Å². The summed E-state index contributed by atoms with van der Waals surface area (Å²) in [4.78, 5) is 23.8. The number of rotatable bonds is 7. The Labute approximate surface area is 131 Å². The summed E-state index contributed by atoms with van der Waals surface area (Å²) in [7, 11) is 0. The smallest absolute Gasteiger partial charge is 0.251 e. The summed E-state index contributed by atoms with van der Waals surface area (Å²) in [5, 5.41) is 5.73. The molecule has 0 bridgehead atoms. The summed E-state index contributed by atoms with van der Waals surface area (Å²) in [5.74, 6) is 0.0940. The number of nitrogens with one attached hydrogen (secondary N) is 2. The fourth-order valence-electron chi connectivity index (χ4n) is 2.15. The molecule has 5 heteroatoms. The molecule has 120 valence electrons. The lowest BCUT2D eigenvalue weighted by Crippen LogP contribution is -2.49. The van der Waals surface area contributed by atoms with Crippen molar-refractivity contribution in [1.29, 1.82) is 0 Å². The first-order valence-corrected chi connectivity index (χ1v) is 7.95. The molecule has 4 N–H and O–H groups in total. The molecule has 0 atom stereocenters. The molecule has 0 aromatic heterocycles. The first-order chi connectivity index (χ1) is 10.5. The van der Waals surface area contributed by atoms with Gasteiger partial charge in [0.2, 0.25) is 5.91 Å². The number of anilines is 1. The molecule has 0 heterocycles. The highest BCUT2D eigenvalue weighted by molar-refractivity contribution is 5.96. The van der Waals surface area contributed by atoms with Crippen molar-refractivity contribution >= 4 is 17.5 Å². The van der Waals surface area contributed by atoms with Gasteiger partial charge in [-0.15, -0.1) is 0 Å². The quantitative estimate of drug-likeness (QED) is 0.722. The second-order valence-electron chi connectivity index (χ2n) is 6.09. The second kappa shape index (κ2) is 6.92. The number of amides is 2. The zero-order valence-electron chi connectivity index (χ0n) is 13.3. The molecule has 1 aliphatic carbocycles. The molecule has 0 radical (unpaired) electrons. The Bertz CT molecular complexity index is 531. The Morgan fingerprint density at radius 1 is 1.18 bits per heavy atom. The number of carbonyl (C=O) groups excluding carboxylic acids is 2. The van der Waals surface area contributed by atoms with Crippen LogP contribution in [-0.2, 0) is 4.79 Å². The van der Waals surface area contributed by atoms with Crippen LogP contribution in [0, 0.1) is 5.92 Å². The maximum atomic E-state index is 12.1. The van der Waals surface area contributed by atoms with E-state index in [1.807, 2.05) is 13.8 Å². The molecule has 22 heavy (non-hydrogen) atoms. The SMILES string of the molecule is CCC(N)(CC)CNC(=O)c1ccc(NC(=O)C2CC2)cc1. The lowest BCUT2D eigenvalue weighted by Gasteiger charge is -2.26. The van der Waals surface area contributed by atoms with Crippen LogP contribution in [0.4, 0.5) is 5.69 Å². The molecule has 0 saturated heterocycles.